The van der Waals surface area contributed by atoms with Crippen molar-refractivity contribution >= 4 is 33.0 Å². The Morgan fingerprint density at radius 2 is 1.72 bits per heavy atom. The maximum absolute atomic E-state index is 13.5. The lowest BCUT2D eigenvalue weighted by molar-refractivity contribution is -0.118. The highest BCUT2D eigenvalue weighted by Crippen LogP contribution is 2.41. The monoisotopic (exact) mass is 464 g/mol. The third-order valence-electron chi connectivity index (χ3n) is 5.58. The predicted molar refractivity (Wildman–Crippen MR) is 125 cm³/mol. The summed E-state index contributed by atoms with van der Waals surface area (Å²) in [5, 5.41) is 3.27. The molecule has 1 N–H and O–H groups in total. The Morgan fingerprint density at radius 1 is 0.969 bits per heavy atom. The van der Waals surface area contributed by atoms with Gasteiger partial charge in [0.15, 0.2) is 14.6 Å². The fourth-order valence-corrected chi connectivity index (χ4v) is 6.09. The van der Waals surface area contributed by atoms with Crippen molar-refractivity contribution in [1.82, 2.24) is 4.98 Å². The fourth-order valence-electron chi connectivity index (χ4n) is 3.90. The van der Waals surface area contributed by atoms with Crippen LogP contribution in [0.4, 0.5) is 5.69 Å². The number of nitrogens with zero attached hydrogens (tertiary/aromatic N) is 1. The second kappa shape index (κ2) is 9.15. The Hall–Kier alpha value is -3.14. The van der Waals surface area contributed by atoms with Gasteiger partial charge in [0.25, 0.3) is 0 Å². The molecule has 7 heteroatoms. The van der Waals surface area contributed by atoms with Crippen LogP contribution in [0.3, 0.4) is 0 Å². The van der Waals surface area contributed by atoms with E-state index < -0.39 is 20.5 Å². The second-order valence-electron chi connectivity index (χ2n) is 7.66. The van der Waals surface area contributed by atoms with Crippen molar-refractivity contribution in [1.29, 1.82) is 0 Å². The number of nitrogens with one attached hydrogen (secondary N) is 1. The first kappa shape index (κ1) is 22.1. The average Bonchev–Trinajstić information content (AvgIpc) is 3.31. The number of amides is 1. The van der Waals surface area contributed by atoms with Crippen LogP contribution in [0, 0.1) is 11.8 Å². The molecule has 0 spiro atoms. The van der Waals surface area contributed by atoms with Gasteiger partial charge in [-0.15, -0.1) is 0 Å². The molecule has 1 saturated carbocycles. The molecule has 0 aliphatic heterocycles. The highest BCUT2D eigenvalue weighted by molar-refractivity contribution is 7.93. The van der Waals surface area contributed by atoms with Gasteiger partial charge in [-0.2, -0.15) is 0 Å². The summed E-state index contributed by atoms with van der Waals surface area (Å²) in [6, 6.07) is 18.5. The second-order valence-corrected chi connectivity index (χ2v) is 10.4. The van der Waals surface area contributed by atoms with Crippen LogP contribution in [0.1, 0.15) is 36.9 Å². The lowest BCUT2D eigenvalue weighted by atomic mass is 10.1. The summed E-state index contributed by atoms with van der Waals surface area (Å²) in [6.07, 6.45) is 3.58. The van der Waals surface area contributed by atoms with Crippen LogP contribution in [0.5, 0.6) is 0 Å². The number of aromatic nitrogens is 1. The smallest absolute Gasteiger partial charge is 0.246 e. The van der Waals surface area contributed by atoms with Gasteiger partial charge in [0, 0.05) is 22.5 Å². The number of anilines is 1. The van der Waals surface area contributed by atoms with E-state index in [0.29, 0.717) is 34.8 Å². The summed E-state index contributed by atoms with van der Waals surface area (Å²) in [5.41, 5.74) is 1.83. The zero-order chi connectivity index (χ0) is 22.6. The molecule has 1 aliphatic carbocycles. The minimum atomic E-state index is -3.90. The Morgan fingerprint density at radius 3 is 2.41 bits per heavy atom. The lowest BCUT2D eigenvalue weighted by Gasteiger charge is -2.27. The lowest BCUT2D eigenvalue weighted by Crippen LogP contribution is -2.47. The minimum Gasteiger partial charge on any atom is -0.325 e. The number of halogens is 1. The van der Waals surface area contributed by atoms with Gasteiger partial charge in [0.2, 0.25) is 5.91 Å². The average molecular weight is 465 g/mol. The quantitative estimate of drug-likeness (QED) is 0.559. The maximum atomic E-state index is 13.5. The number of pyridine rings is 1. The molecule has 0 atom stereocenters. The molecule has 1 heterocycles. The number of hydrogen-bond donors (Lipinski definition) is 1. The van der Waals surface area contributed by atoms with Gasteiger partial charge < -0.3 is 5.32 Å². The number of rotatable bonds is 4. The molecule has 4 rings (SSSR count). The molecule has 0 radical (unpaired) electrons. The van der Waals surface area contributed by atoms with Crippen molar-refractivity contribution in [2.75, 3.05) is 5.32 Å². The molecule has 3 aromatic rings. The van der Waals surface area contributed by atoms with E-state index in [0.717, 1.165) is 0 Å². The van der Waals surface area contributed by atoms with E-state index in [1.165, 1.54) is 24.3 Å². The van der Waals surface area contributed by atoms with Crippen molar-refractivity contribution in [2.45, 2.75) is 35.3 Å². The first-order valence-electron chi connectivity index (χ1n) is 10.3. The van der Waals surface area contributed by atoms with E-state index in [1.54, 1.807) is 24.4 Å². The fraction of sp³-hybridized carbons (Fsp3) is 0.200. The largest absolute Gasteiger partial charge is 0.325 e. The van der Waals surface area contributed by atoms with Gasteiger partial charge in [-0.3, -0.25) is 4.79 Å². The number of carbonyl (C=O) groups excluding carboxylic acids is 1. The summed E-state index contributed by atoms with van der Waals surface area (Å²) in [7, 11) is -3.90. The summed E-state index contributed by atoms with van der Waals surface area (Å²) in [6.45, 7) is 0. The predicted octanol–water partition coefficient (Wildman–Crippen LogP) is 4.86. The van der Waals surface area contributed by atoms with Crippen LogP contribution in [0.15, 0.2) is 77.8 Å². The van der Waals surface area contributed by atoms with E-state index in [4.69, 9.17) is 11.6 Å². The molecule has 5 nitrogen and oxygen atoms in total. The van der Waals surface area contributed by atoms with E-state index in [2.05, 4.69) is 22.1 Å². The molecular weight excluding hydrogens is 444 g/mol. The third kappa shape index (κ3) is 4.40. The Balaban J connectivity index is 1.61. The SMILES string of the molecule is O=C(Nc1cccc(C#Cc2ccccn2)c1)C1(S(=O)(=O)c2ccc(Cl)cc2)CCCC1. The highest BCUT2D eigenvalue weighted by Gasteiger charge is 2.52. The van der Waals surface area contributed by atoms with Crippen LogP contribution < -0.4 is 5.32 Å². The molecule has 1 amide bonds. The molecule has 0 bridgehead atoms. The van der Waals surface area contributed by atoms with Crippen molar-refractivity contribution in [3.05, 3.63) is 89.2 Å². The third-order valence-corrected chi connectivity index (χ3v) is 8.35. The Labute approximate surface area is 192 Å². The minimum absolute atomic E-state index is 0.105. The van der Waals surface area contributed by atoms with Gasteiger partial charge in [0.1, 0.15) is 5.69 Å². The normalized spacial score (nSPS) is 14.9. The zero-order valence-corrected chi connectivity index (χ0v) is 18.8. The molecule has 1 aliphatic rings. The van der Waals surface area contributed by atoms with Gasteiger partial charge in [-0.25, -0.2) is 13.4 Å². The Kier molecular flexibility index (Phi) is 6.31. The summed E-state index contributed by atoms with van der Waals surface area (Å²) in [5.74, 6) is 5.48. The van der Waals surface area contributed by atoms with Crippen LogP contribution >= 0.6 is 11.6 Å². The van der Waals surface area contributed by atoms with Gasteiger partial charge in [-0.1, -0.05) is 42.5 Å². The molecule has 2 aromatic carbocycles. The highest BCUT2D eigenvalue weighted by atomic mass is 35.5. The van der Waals surface area contributed by atoms with Gasteiger partial charge >= 0.3 is 0 Å². The molecular formula is C25H21ClN2O3S. The molecule has 162 valence electrons. The van der Waals surface area contributed by atoms with E-state index in [9.17, 15) is 13.2 Å². The first-order valence-corrected chi connectivity index (χ1v) is 12.1. The van der Waals surface area contributed by atoms with Crippen molar-refractivity contribution < 1.29 is 13.2 Å². The van der Waals surface area contributed by atoms with Crippen molar-refractivity contribution in [3.8, 4) is 11.8 Å². The van der Waals surface area contributed by atoms with Crippen LogP contribution in [0.2, 0.25) is 5.02 Å². The molecule has 1 aromatic heterocycles. The van der Waals surface area contributed by atoms with Crippen molar-refractivity contribution in [2.24, 2.45) is 0 Å². The standard InChI is InChI=1S/C25H21ClN2O3S/c26-20-10-13-23(14-11-20)32(30,31)25(15-2-3-16-25)24(29)28-22-8-5-6-19(18-22)9-12-21-7-1-4-17-27-21/h1,4-8,10-11,13-14,17-18H,2-3,15-16H2,(H,28,29). The van der Waals surface area contributed by atoms with Crippen LogP contribution in [0.25, 0.3) is 0 Å². The zero-order valence-electron chi connectivity index (χ0n) is 17.2. The van der Waals surface area contributed by atoms with Crippen LogP contribution in [-0.2, 0) is 14.6 Å². The number of benzene rings is 2. The maximum Gasteiger partial charge on any atom is 0.246 e. The number of hydrogen-bond acceptors (Lipinski definition) is 4. The number of carbonyl (C=O) groups is 1. The van der Waals surface area contributed by atoms with E-state index >= 15 is 0 Å². The summed E-state index contributed by atoms with van der Waals surface area (Å²) < 4.78 is 25.5. The molecule has 32 heavy (non-hydrogen) atoms. The molecule has 0 saturated heterocycles. The number of sulfone groups is 1. The summed E-state index contributed by atoms with van der Waals surface area (Å²) in [4.78, 5) is 17.6. The van der Waals surface area contributed by atoms with E-state index in [-0.39, 0.29) is 17.7 Å². The Bertz CT molecular complexity index is 1290. The van der Waals surface area contributed by atoms with Gasteiger partial charge in [-0.05, 0) is 73.4 Å². The van der Waals surface area contributed by atoms with Crippen molar-refractivity contribution in [3.63, 3.8) is 0 Å². The molecule has 0 unspecified atom stereocenters. The first-order chi connectivity index (χ1) is 15.4. The van der Waals surface area contributed by atoms with Gasteiger partial charge in [0.05, 0.1) is 4.90 Å². The van der Waals surface area contributed by atoms with E-state index in [1.807, 2.05) is 24.3 Å². The summed E-state index contributed by atoms with van der Waals surface area (Å²) >= 11 is 5.92. The molecule has 1 fully saturated rings. The topological polar surface area (TPSA) is 76.1 Å². The van der Waals surface area contributed by atoms with Crippen LogP contribution in [-0.4, -0.2) is 24.1 Å².